The Bertz CT molecular complexity index is 1200. The van der Waals surface area contributed by atoms with Gasteiger partial charge in [0.1, 0.15) is 5.71 Å². The van der Waals surface area contributed by atoms with Gasteiger partial charge in [-0.25, -0.2) is 4.79 Å². The van der Waals surface area contributed by atoms with Crippen LogP contribution in [0.2, 0.25) is 0 Å². The predicted octanol–water partition coefficient (Wildman–Crippen LogP) is 2.63. The summed E-state index contributed by atoms with van der Waals surface area (Å²) in [4.78, 5) is 58.8. The fourth-order valence-corrected chi connectivity index (χ4v) is 3.21. The summed E-state index contributed by atoms with van der Waals surface area (Å²) in [5.41, 5.74) is -5.04. The molecule has 0 saturated carbocycles. The van der Waals surface area contributed by atoms with Crippen molar-refractivity contribution in [2.24, 2.45) is 5.16 Å². The van der Waals surface area contributed by atoms with Gasteiger partial charge in [0.2, 0.25) is 6.10 Å². The van der Waals surface area contributed by atoms with E-state index in [-0.39, 0.29) is 11.1 Å². The fourth-order valence-electron chi connectivity index (χ4n) is 3.21. The maximum Gasteiger partial charge on any atom is 0.349 e. The highest BCUT2D eigenvalue weighted by molar-refractivity contribution is 6.27. The third-order valence-electron chi connectivity index (χ3n) is 4.62. The summed E-state index contributed by atoms with van der Waals surface area (Å²) in [7, 11) is 1.06. The molecule has 1 aliphatic rings. The molecular formula is C17H11N5O11. The number of nitro groups is 4. The number of methoxy groups -OCH3 is 1. The molecule has 33 heavy (non-hydrogen) atoms. The van der Waals surface area contributed by atoms with E-state index in [9.17, 15) is 45.3 Å². The van der Waals surface area contributed by atoms with Crippen LogP contribution < -0.4 is 0 Å². The Balaban J connectivity index is 2.44. The van der Waals surface area contributed by atoms with Gasteiger partial charge in [-0.3, -0.25) is 40.5 Å². The molecule has 0 unspecified atom stereocenters. The Kier molecular flexibility index (Phi) is 5.67. The van der Waals surface area contributed by atoms with Crippen molar-refractivity contribution in [1.29, 1.82) is 0 Å². The average Bonchev–Trinajstić information content (AvgIpc) is 3.08. The minimum absolute atomic E-state index is 0.313. The second-order valence-corrected chi connectivity index (χ2v) is 6.51. The number of hydrogen-bond donors (Lipinski definition) is 0. The van der Waals surface area contributed by atoms with Gasteiger partial charge >= 0.3 is 5.97 Å². The number of oxime groups is 1. The highest BCUT2D eigenvalue weighted by Crippen LogP contribution is 2.50. The number of carbonyl (C=O) groups is 1. The average molecular weight is 461 g/mol. The van der Waals surface area contributed by atoms with Crippen LogP contribution in [0.25, 0.3) is 11.1 Å². The second kappa shape index (κ2) is 8.25. The highest BCUT2D eigenvalue weighted by Gasteiger charge is 2.41. The standard InChI is InChI=1S/C17H11N5O11/c1-7(17(23)32-2)33-18-16-10-3-8(19(24)25)5-12(21(28)29)14(10)15-11(16)4-9(20(26)27)6-13(15)22(30)31/h3-7H,1-2H3/t7-/m0/s1. The van der Waals surface area contributed by atoms with Crippen LogP contribution in [0.3, 0.4) is 0 Å². The molecule has 0 amide bonds. The van der Waals surface area contributed by atoms with Crippen LogP contribution in [0.15, 0.2) is 29.4 Å². The molecule has 0 aliphatic heterocycles. The minimum Gasteiger partial charge on any atom is -0.466 e. The molecule has 0 heterocycles. The Morgan fingerprint density at radius 2 is 1.24 bits per heavy atom. The summed E-state index contributed by atoms with van der Waals surface area (Å²) in [6.45, 7) is 1.23. The molecule has 0 radical (unpaired) electrons. The normalized spacial score (nSPS) is 12.2. The summed E-state index contributed by atoms with van der Waals surface area (Å²) < 4.78 is 4.48. The first-order valence-electron chi connectivity index (χ1n) is 8.74. The van der Waals surface area contributed by atoms with Crippen LogP contribution in [0.4, 0.5) is 22.7 Å². The van der Waals surface area contributed by atoms with Crippen molar-refractivity contribution in [2.45, 2.75) is 13.0 Å². The van der Waals surface area contributed by atoms with Crippen molar-refractivity contribution in [3.8, 4) is 11.1 Å². The van der Waals surface area contributed by atoms with Gasteiger partial charge in [-0.15, -0.1) is 0 Å². The monoisotopic (exact) mass is 461 g/mol. The van der Waals surface area contributed by atoms with Crippen molar-refractivity contribution in [2.75, 3.05) is 7.11 Å². The minimum atomic E-state index is -1.31. The molecular weight excluding hydrogens is 450 g/mol. The number of nitro benzene ring substituents is 4. The zero-order chi connectivity index (χ0) is 24.6. The largest absolute Gasteiger partial charge is 0.466 e. The van der Waals surface area contributed by atoms with E-state index in [0.29, 0.717) is 12.1 Å². The number of hydrogen-bond acceptors (Lipinski definition) is 12. The Morgan fingerprint density at radius 3 is 1.58 bits per heavy atom. The Hall–Kier alpha value is -5.02. The predicted molar refractivity (Wildman–Crippen MR) is 107 cm³/mol. The van der Waals surface area contributed by atoms with Gasteiger partial charge in [0.05, 0.1) is 50.1 Å². The summed E-state index contributed by atoms with van der Waals surface area (Å²) in [5, 5.41) is 49.7. The van der Waals surface area contributed by atoms with Crippen molar-refractivity contribution in [1.82, 2.24) is 0 Å². The molecule has 170 valence electrons. The Morgan fingerprint density at radius 1 is 0.818 bits per heavy atom. The van der Waals surface area contributed by atoms with Gasteiger partial charge in [0.25, 0.3) is 22.7 Å². The number of ether oxygens (including phenoxy) is 1. The van der Waals surface area contributed by atoms with E-state index in [1.807, 2.05) is 0 Å². The molecule has 2 aromatic rings. The summed E-state index contributed by atoms with van der Waals surface area (Å²) in [5.74, 6) is -0.868. The number of rotatable bonds is 7. The van der Waals surface area contributed by atoms with Crippen LogP contribution in [-0.4, -0.2) is 44.6 Å². The van der Waals surface area contributed by atoms with Crippen molar-refractivity contribution < 1.29 is 34.1 Å². The number of esters is 1. The molecule has 0 saturated heterocycles. The molecule has 1 aliphatic carbocycles. The van der Waals surface area contributed by atoms with Crippen LogP contribution in [0.5, 0.6) is 0 Å². The van der Waals surface area contributed by atoms with Crippen molar-refractivity contribution in [3.63, 3.8) is 0 Å². The molecule has 3 rings (SSSR count). The molecule has 0 aromatic heterocycles. The molecule has 0 N–H and O–H groups in total. The lowest BCUT2D eigenvalue weighted by Crippen LogP contribution is -2.20. The fraction of sp³-hybridized carbons (Fsp3) is 0.176. The number of fused-ring (bicyclic) bond motifs is 3. The Labute approximate surface area is 181 Å². The number of non-ortho nitro benzene ring substituents is 2. The first kappa shape index (κ1) is 22.7. The summed E-state index contributed by atoms with van der Waals surface area (Å²) in [6.07, 6.45) is -1.31. The first-order valence-corrected chi connectivity index (χ1v) is 8.74. The van der Waals surface area contributed by atoms with Crippen molar-refractivity contribution >= 4 is 34.4 Å². The van der Waals surface area contributed by atoms with Gasteiger partial charge in [0, 0.05) is 23.3 Å². The van der Waals surface area contributed by atoms with E-state index in [2.05, 4.69) is 9.89 Å². The first-order chi connectivity index (χ1) is 15.5. The van der Waals surface area contributed by atoms with E-state index in [4.69, 9.17) is 4.84 Å². The summed E-state index contributed by atoms with van der Waals surface area (Å²) in [6, 6.07) is 2.94. The van der Waals surface area contributed by atoms with Gasteiger partial charge in [-0.1, -0.05) is 5.16 Å². The number of carbonyl (C=O) groups excluding carboxylic acids is 1. The van der Waals surface area contributed by atoms with Gasteiger partial charge in [0.15, 0.2) is 0 Å². The third-order valence-corrected chi connectivity index (χ3v) is 4.62. The molecule has 0 bridgehead atoms. The van der Waals surface area contributed by atoms with E-state index in [1.165, 1.54) is 6.92 Å². The number of benzene rings is 2. The lowest BCUT2D eigenvalue weighted by atomic mass is 10.0. The van der Waals surface area contributed by atoms with Gasteiger partial charge in [-0.2, -0.15) is 0 Å². The van der Waals surface area contributed by atoms with E-state index in [0.717, 1.165) is 19.2 Å². The molecule has 16 nitrogen and oxygen atoms in total. The van der Waals surface area contributed by atoms with Gasteiger partial charge < -0.3 is 9.57 Å². The maximum absolute atomic E-state index is 11.7. The molecule has 2 aromatic carbocycles. The molecule has 1 atom stereocenters. The third kappa shape index (κ3) is 3.87. The zero-order valence-corrected chi connectivity index (χ0v) is 16.6. The lowest BCUT2D eigenvalue weighted by molar-refractivity contribution is -0.395. The highest BCUT2D eigenvalue weighted by atomic mass is 16.7. The second-order valence-electron chi connectivity index (χ2n) is 6.51. The quantitative estimate of drug-likeness (QED) is 0.282. The van der Waals surface area contributed by atoms with E-state index in [1.54, 1.807) is 0 Å². The molecule has 0 fully saturated rings. The maximum atomic E-state index is 11.7. The number of nitrogens with zero attached hydrogens (tertiary/aromatic N) is 5. The summed E-state index contributed by atoms with van der Waals surface area (Å²) >= 11 is 0. The SMILES string of the molecule is COC(=O)[C@H](C)ON=C1c2cc([N+](=O)[O-])cc([N+](=O)[O-])c2-c2c1cc([N+](=O)[O-])cc2[N+](=O)[O-]. The van der Waals surface area contributed by atoms with Crippen molar-refractivity contribution in [3.05, 3.63) is 75.8 Å². The topological polar surface area (TPSA) is 220 Å². The lowest BCUT2D eigenvalue weighted by Gasteiger charge is -2.08. The van der Waals surface area contributed by atoms with Crippen LogP contribution in [0.1, 0.15) is 18.1 Å². The van der Waals surface area contributed by atoms with Crippen LogP contribution in [-0.2, 0) is 14.4 Å². The van der Waals surface area contributed by atoms with Gasteiger partial charge in [-0.05, 0) is 6.92 Å². The smallest absolute Gasteiger partial charge is 0.349 e. The van der Waals surface area contributed by atoms with Crippen LogP contribution in [0, 0.1) is 40.5 Å². The molecule has 16 heteroatoms. The van der Waals surface area contributed by atoms with E-state index >= 15 is 0 Å². The van der Waals surface area contributed by atoms with E-state index < -0.39 is 71.4 Å². The zero-order valence-electron chi connectivity index (χ0n) is 16.6. The molecule has 0 spiro atoms. The van der Waals surface area contributed by atoms with Crippen LogP contribution >= 0.6 is 0 Å².